The van der Waals surface area contributed by atoms with Crippen LogP contribution in [-0.2, 0) is 0 Å². The smallest absolute Gasteiger partial charge is 0.0699 e. The average Bonchev–Trinajstić information content (AvgIpc) is 2.99. The van der Waals surface area contributed by atoms with E-state index in [-0.39, 0.29) is 24.8 Å². The fourth-order valence-corrected chi connectivity index (χ4v) is 3.86. The molecule has 0 spiro atoms. The summed E-state index contributed by atoms with van der Waals surface area (Å²) in [5.41, 5.74) is 4.29. The van der Waals surface area contributed by atoms with Crippen molar-refractivity contribution in [3.63, 3.8) is 0 Å². The van der Waals surface area contributed by atoms with Crippen LogP contribution in [0.15, 0.2) is 35.7 Å². The van der Waals surface area contributed by atoms with Gasteiger partial charge in [-0.2, -0.15) is 0 Å². The molecule has 0 aliphatic carbocycles. The Morgan fingerprint density at radius 3 is 2.41 bits per heavy atom. The van der Waals surface area contributed by atoms with Gasteiger partial charge in [0.1, 0.15) is 0 Å². The molecule has 1 N–H and O–H groups in total. The summed E-state index contributed by atoms with van der Waals surface area (Å²) in [7, 11) is 0. The van der Waals surface area contributed by atoms with E-state index >= 15 is 0 Å². The van der Waals surface area contributed by atoms with E-state index in [0.717, 1.165) is 26.2 Å². The molecule has 1 saturated heterocycles. The van der Waals surface area contributed by atoms with E-state index in [1.165, 1.54) is 21.6 Å². The summed E-state index contributed by atoms with van der Waals surface area (Å²) in [6.07, 6.45) is 0. The van der Waals surface area contributed by atoms with Crippen LogP contribution in [0.2, 0.25) is 0 Å². The number of hydrogen-bond donors (Lipinski definition) is 1. The van der Waals surface area contributed by atoms with E-state index in [0.29, 0.717) is 6.04 Å². The molecule has 2 heterocycles. The Balaban J connectivity index is 0.00000121. The zero-order valence-corrected chi connectivity index (χ0v) is 15.5. The number of aryl methyl sites for hydroxylation is 1. The Kier molecular flexibility index (Phi) is 7.87. The van der Waals surface area contributed by atoms with Gasteiger partial charge < -0.3 is 5.32 Å². The lowest BCUT2D eigenvalue weighted by Gasteiger charge is -2.35. The summed E-state index contributed by atoms with van der Waals surface area (Å²) in [5.74, 6) is 0. The molecule has 5 heteroatoms. The summed E-state index contributed by atoms with van der Waals surface area (Å²) >= 11 is 1.87. The summed E-state index contributed by atoms with van der Waals surface area (Å²) in [4.78, 5) is 4.07. The lowest BCUT2D eigenvalue weighted by molar-refractivity contribution is 0.200. The second-order valence-corrected chi connectivity index (χ2v) is 6.47. The molecule has 1 aliphatic heterocycles. The molecule has 1 aromatic heterocycles. The molecule has 0 unspecified atom stereocenters. The maximum absolute atomic E-state index is 3.45. The summed E-state index contributed by atoms with van der Waals surface area (Å²) in [6, 6.07) is 11.6. The summed E-state index contributed by atoms with van der Waals surface area (Å²) < 4.78 is 0. The van der Waals surface area contributed by atoms with Gasteiger partial charge in [-0.15, -0.1) is 36.2 Å². The Bertz CT molecular complexity index is 566. The number of hydrogen-bond acceptors (Lipinski definition) is 3. The van der Waals surface area contributed by atoms with Crippen molar-refractivity contribution in [2.24, 2.45) is 0 Å². The number of halogens is 2. The number of benzene rings is 1. The Hall–Kier alpha value is -0.580. The standard InChI is InChI=1S/C17H22N2S.2ClH/c1-13-5-3-6-15(14(13)2)17(16-7-4-12-20-16)19-10-8-18-9-11-19;;/h3-7,12,17-18H,8-11H2,1-2H3;2*1H/t17-;;/m1../s1. The van der Waals surface area contributed by atoms with Crippen LogP contribution >= 0.6 is 36.2 Å². The third kappa shape index (κ3) is 4.03. The van der Waals surface area contributed by atoms with Crippen LogP contribution in [0.5, 0.6) is 0 Å². The van der Waals surface area contributed by atoms with Crippen molar-refractivity contribution in [3.05, 3.63) is 57.3 Å². The fraction of sp³-hybridized carbons (Fsp3) is 0.412. The molecule has 1 atom stereocenters. The second kappa shape index (κ2) is 8.90. The third-order valence-electron chi connectivity index (χ3n) is 4.27. The second-order valence-electron chi connectivity index (χ2n) is 5.49. The molecule has 122 valence electrons. The number of nitrogens with one attached hydrogen (secondary N) is 1. The first kappa shape index (κ1) is 19.5. The Morgan fingerprint density at radius 2 is 1.77 bits per heavy atom. The van der Waals surface area contributed by atoms with Crippen molar-refractivity contribution >= 4 is 36.2 Å². The third-order valence-corrected chi connectivity index (χ3v) is 5.20. The van der Waals surface area contributed by atoms with Crippen molar-refractivity contribution < 1.29 is 0 Å². The van der Waals surface area contributed by atoms with E-state index in [1.807, 2.05) is 11.3 Å². The zero-order chi connectivity index (χ0) is 13.9. The predicted octanol–water partition coefficient (Wildman–Crippen LogP) is 4.20. The van der Waals surface area contributed by atoms with E-state index in [2.05, 4.69) is 59.8 Å². The number of piperazine rings is 1. The van der Waals surface area contributed by atoms with Gasteiger partial charge >= 0.3 is 0 Å². The van der Waals surface area contributed by atoms with Crippen molar-refractivity contribution in [1.82, 2.24) is 10.2 Å². The van der Waals surface area contributed by atoms with E-state index in [4.69, 9.17) is 0 Å². The van der Waals surface area contributed by atoms with Crippen LogP contribution < -0.4 is 5.32 Å². The minimum Gasteiger partial charge on any atom is -0.314 e. The molecule has 0 amide bonds. The first-order chi connectivity index (χ1) is 9.77. The molecule has 1 fully saturated rings. The van der Waals surface area contributed by atoms with Gasteiger partial charge in [0.05, 0.1) is 6.04 Å². The molecule has 3 rings (SSSR count). The van der Waals surface area contributed by atoms with Crippen LogP contribution in [0.25, 0.3) is 0 Å². The first-order valence-electron chi connectivity index (χ1n) is 7.31. The average molecular weight is 359 g/mol. The predicted molar refractivity (Wildman–Crippen MR) is 101 cm³/mol. The highest BCUT2D eigenvalue weighted by molar-refractivity contribution is 7.10. The van der Waals surface area contributed by atoms with Gasteiger partial charge in [-0.05, 0) is 42.0 Å². The minimum atomic E-state index is 0. The molecular formula is C17H24Cl2N2S. The zero-order valence-electron chi connectivity index (χ0n) is 13.0. The number of nitrogens with zero attached hydrogens (tertiary/aromatic N) is 1. The fourth-order valence-electron chi connectivity index (χ4n) is 2.99. The minimum absolute atomic E-state index is 0. The Labute approximate surface area is 149 Å². The maximum atomic E-state index is 3.45. The topological polar surface area (TPSA) is 15.3 Å². The van der Waals surface area contributed by atoms with Crippen molar-refractivity contribution in [2.45, 2.75) is 19.9 Å². The van der Waals surface area contributed by atoms with E-state index < -0.39 is 0 Å². The van der Waals surface area contributed by atoms with Crippen LogP contribution in [0, 0.1) is 13.8 Å². The van der Waals surface area contributed by atoms with Gasteiger partial charge in [0.15, 0.2) is 0 Å². The van der Waals surface area contributed by atoms with Gasteiger partial charge in [-0.1, -0.05) is 24.3 Å². The molecule has 1 aromatic carbocycles. The first-order valence-corrected chi connectivity index (χ1v) is 8.19. The van der Waals surface area contributed by atoms with Gasteiger partial charge in [0.25, 0.3) is 0 Å². The highest BCUT2D eigenvalue weighted by atomic mass is 35.5. The van der Waals surface area contributed by atoms with Gasteiger partial charge in [0.2, 0.25) is 0 Å². The van der Waals surface area contributed by atoms with Crippen molar-refractivity contribution in [1.29, 1.82) is 0 Å². The molecule has 0 bridgehead atoms. The molecule has 22 heavy (non-hydrogen) atoms. The lowest BCUT2D eigenvalue weighted by Crippen LogP contribution is -2.45. The van der Waals surface area contributed by atoms with Crippen LogP contribution in [0.3, 0.4) is 0 Å². The van der Waals surface area contributed by atoms with Gasteiger partial charge in [-0.25, -0.2) is 0 Å². The van der Waals surface area contributed by atoms with Crippen molar-refractivity contribution in [2.75, 3.05) is 26.2 Å². The van der Waals surface area contributed by atoms with E-state index in [1.54, 1.807) is 0 Å². The highest BCUT2D eigenvalue weighted by Crippen LogP contribution is 2.34. The van der Waals surface area contributed by atoms with Gasteiger partial charge in [-0.3, -0.25) is 4.90 Å². The molecule has 1 aliphatic rings. The number of thiophene rings is 1. The summed E-state index contributed by atoms with van der Waals surface area (Å²) in [6.45, 7) is 8.89. The van der Waals surface area contributed by atoms with Crippen LogP contribution in [0.1, 0.15) is 27.6 Å². The normalized spacial score (nSPS) is 16.5. The van der Waals surface area contributed by atoms with E-state index in [9.17, 15) is 0 Å². The van der Waals surface area contributed by atoms with Crippen molar-refractivity contribution in [3.8, 4) is 0 Å². The molecule has 2 aromatic rings. The largest absolute Gasteiger partial charge is 0.314 e. The maximum Gasteiger partial charge on any atom is 0.0699 e. The Morgan fingerprint density at radius 1 is 1.05 bits per heavy atom. The molecule has 2 nitrogen and oxygen atoms in total. The lowest BCUT2D eigenvalue weighted by atomic mass is 9.95. The molecule has 0 saturated carbocycles. The SMILES string of the molecule is Cc1cccc([C@H](c2cccs2)N2CCNCC2)c1C.Cl.Cl. The van der Waals surface area contributed by atoms with Crippen LogP contribution in [-0.4, -0.2) is 31.1 Å². The van der Waals surface area contributed by atoms with Gasteiger partial charge in [0, 0.05) is 31.1 Å². The quantitative estimate of drug-likeness (QED) is 0.884. The van der Waals surface area contributed by atoms with Crippen LogP contribution in [0.4, 0.5) is 0 Å². The molecule has 0 radical (unpaired) electrons. The summed E-state index contributed by atoms with van der Waals surface area (Å²) in [5, 5.41) is 5.64. The number of rotatable bonds is 3. The molecular weight excluding hydrogens is 335 g/mol. The highest BCUT2D eigenvalue weighted by Gasteiger charge is 2.25. The monoisotopic (exact) mass is 358 g/mol.